The van der Waals surface area contributed by atoms with Crippen LogP contribution >= 0.6 is 23.2 Å². The lowest BCUT2D eigenvalue weighted by Crippen LogP contribution is -2.41. The predicted octanol–water partition coefficient (Wildman–Crippen LogP) is 6.72. The zero-order valence-electron chi connectivity index (χ0n) is 18.3. The van der Waals surface area contributed by atoms with Crippen LogP contribution in [0, 0.1) is 5.92 Å². The molecule has 0 radical (unpaired) electrons. The molecule has 166 valence electrons. The quantitative estimate of drug-likeness (QED) is 0.507. The van der Waals surface area contributed by atoms with Crippen LogP contribution in [-0.2, 0) is 4.74 Å². The molecule has 0 N–H and O–H groups in total. The highest BCUT2D eigenvalue weighted by molar-refractivity contribution is 6.37. The smallest absolute Gasteiger partial charge is 0.410 e. The van der Waals surface area contributed by atoms with Gasteiger partial charge in [-0.3, -0.25) is 0 Å². The van der Waals surface area contributed by atoms with Gasteiger partial charge in [0.2, 0.25) is 0 Å². The van der Waals surface area contributed by atoms with Crippen molar-refractivity contribution in [3.8, 4) is 5.69 Å². The van der Waals surface area contributed by atoms with Crippen LogP contribution in [0.2, 0.25) is 10.0 Å². The number of ether oxygens (including phenoxy) is 1. The Balaban J connectivity index is 1.50. The highest BCUT2D eigenvalue weighted by Crippen LogP contribution is 2.43. The van der Waals surface area contributed by atoms with Crippen LogP contribution in [0.25, 0.3) is 11.8 Å². The molecule has 5 nitrogen and oxygen atoms in total. The largest absolute Gasteiger partial charge is 0.444 e. The van der Waals surface area contributed by atoms with Crippen LogP contribution in [0.1, 0.15) is 63.6 Å². The van der Waals surface area contributed by atoms with Crippen LogP contribution in [0.15, 0.2) is 30.5 Å². The molecule has 1 amide bonds. The first-order valence-electron chi connectivity index (χ1n) is 10.9. The van der Waals surface area contributed by atoms with Crippen molar-refractivity contribution in [3.05, 3.63) is 51.8 Å². The summed E-state index contributed by atoms with van der Waals surface area (Å²) >= 11 is 12.9. The van der Waals surface area contributed by atoms with Gasteiger partial charge in [-0.05, 0) is 76.5 Å². The molecule has 1 saturated carbocycles. The van der Waals surface area contributed by atoms with Gasteiger partial charge in [0.1, 0.15) is 11.3 Å². The van der Waals surface area contributed by atoms with E-state index in [0.29, 0.717) is 35.0 Å². The van der Waals surface area contributed by atoms with E-state index in [1.807, 2.05) is 49.8 Å². The number of aromatic nitrogens is 2. The van der Waals surface area contributed by atoms with E-state index in [0.717, 1.165) is 24.2 Å². The fraction of sp³-hybridized carbons (Fsp3) is 0.500. The minimum atomic E-state index is -0.467. The Morgan fingerprint density at radius 3 is 2.35 bits per heavy atom. The van der Waals surface area contributed by atoms with Gasteiger partial charge in [0.25, 0.3) is 0 Å². The van der Waals surface area contributed by atoms with Crippen molar-refractivity contribution in [2.75, 3.05) is 13.1 Å². The van der Waals surface area contributed by atoms with Gasteiger partial charge in [-0.25, -0.2) is 9.48 Å². The second kappa shape index (κ2) is 8.87. The Morgan fingerprint density at radius 1 is 1.13 bits per heavy atom. The van der Waals surface area contributed by atoms with Crippen LogP contribution in [-0.4, -0.2) is 39.5 Å². The first-order valence-corrected chi connectivity index (χ1v) is 11.7. The van der Waals surface area contributed by atoms with Crippen LogP contribution in [0.5, 0.6) is 0 Å². The van der Waals surface area contributed by atoms with Gasteiger partial charge in [-0.15, -0.1) is 0 Å². The molecule has 0 unspecified atom stereocenters. The van der Waals surface area contributed by atoms with E-state index in [9.17, 15) is 4.79 Å². The summed E-state index contributed by atoms with van der Waals surface area (Å²) in [5.41, 5.74) is 2.55. The predicted molar refractivity (Wildman–Crippen MR) is 125 cm³/mol. The van der Waals surface area contributed by atoms with Crippen LogP contribution in [0.3, 0.4) is 0 Å². The van der Waals surface area contributed by atoms with E-state index in [2.05, 4.69) is 17.3 Å². The Kier molecular flexibility index (Phi) is 6.36. The number of nitrogens with zero attached hydrogens (tertiary/aromatic N) is 3. The average molecular weight is 462 g/mol. The molecule has 2 fully saturated rings. The number of carbonyl (C=O) groups is 1. The van der Waals surface area contributed by atoms with Crippen LogP contribution < -0.4 is 0 Å². The van der Waals surface area contributed by atoms with E-state index < -0.39 is 5.60 Å². The number of carbonyl (C=O) groups excluding carboxylic acids is 1. The first-order chi connectivity index (χ1) is 14.7. The third-order valence-electron chi connectivity index (χ3n) is 5.72. The number of allylic oxidation sites excluding steroid dienone is 1. The molecule has 1 aliphatic carbocycles. The van der Waals surface area contributed by atoms with E-state index in [-0.39, 0.29) is 6.09 Å². The summed E-state index contributed by atoms with van der Waals surface area (Å²) in [7, 11) is 0. The Labute approximate surface area is 194 Å². The molecule has 2 aromatic rings. The maximum Gasteiger partial charge on any atom is 0.410 e. The lowest BCUT2D eigenvalue weighted by Gasteiger charge is -2.32. The number of likely N-dealkylation sites (tertiary alicyclic amines) is 1. The van der Waals surface area contributed by atoms with Gasteiger partial charge in [-0.2, -0.15) is 5.10 Å². The SMILES string of the molecule is CC(C)(C)OC(=O)N1CCC(/C=C/c2c(C3CC3)cnn2-c2c(Cl)cccc2Cl)CC1. The number of benzene rings is 1. The van der Waals surface area contributed by atoms with Gasteiger partial charge >= 0.3 is 6.09 Å². The number of hydrogen-bond acceptors (Lipinski definition) is 3. The first kappa shape index (κ1) is 22.2. The molecule has 1 saturated heterocycles. The summed E-state index contributed by atoms with van der Waals surface area (Å²) in [5.74, 6) is 0.958. The summed E-state index contributed by atoms with van der Waals surface area (Å²) in [6.07, 6.45) is 10.3. The molecule has 31 heavy (non-hydrogen) atoms. The summed E-state index contributed by atoms with van der Waals surface area (Å²) in [6.45, 7) is 7.09. The van der Waals surface area contributed by atoms with E-state index in [1.54, 1.807) is 4.90 Å². The standard InChI is InChI=1S/C24H29Cl2N3O2/c1-24(2,3)31-23(30)28-13-11-16(12-14-28)7-10-21-18(17-8-9-17)15-27-29(21)22-19(25)5-4-6-20(22)26/h4-7,10,15-17H,8-9,11-14H2,1-3H3/b10-7+. The Morgan fingerprint density at radius 2 is 1.77 bits per heavy atom. The zero-order chi connectivity index (χ0) is 22.2. The van der Waals surface area contributed by atoms with Gasteiger partial charge < -0.3 is 9.64 Å². The number of hydrogen-bond donors (Lipinski definition) is 0. The molecule has 2 heterocycles. The molecule has 0 bridgehead atoms. The van der Waals surface area contributed by atoms with Crippen LogP contribution in [0.4, 0.5) is 4.79 Å². The van der Waals surface area contributed by atoms with E-state index in [4.69, 9.17) is 27.9 Å². The minimum Gasteiger partial charge on any atom is -0.444 e. The molecule has 2 aliphatic rings. The molecule has 7 heteroatoms. The van der Waals surface area contributed by atoms with Crippen molar-refractivity contribution >= 4 is 35.4 Å². The third kappa shape index (κ3) is 5.27. The number of piperidine rings is 1. The number of amides is 1. The number of halogens is 2. The normalized spacial score (nSPS) is 18.0. The second-order valence-electron chi connectivity index (χ2n) is 9.41. The Bertz CT molecular complexity index is 961. The number of para-hydroxylation sites is 1. The van der Waals surface area contributed by atoms with Gasteiger partial charge in [-0.1, -0.05) is 35.3 Å². The van der Waals surface area contributed by atoms with Crippen molar-refractivity contribution in [1.29, 1.82) is 0 Å². The van der Waals surface area contributed by atoms with Gasteiger partial charge in [0.15, 0.2) is 0 Å². The summed E-state index contributed by atoms with van der Waals surface area (Å²) in [5, 5.41) is 5.79. The van der Waals surface area contributed by atoms with Gasteiger partial charge in [0.05, 0.1) is 21.9 Å². The lowest BCUT2D eigenvalue weighted by atomic mass is 9.96. The minimum absolute atomic E-state index is 0.225. The third-order valence-corrected chi connectivity index (χ3v) is 6.33. The van der Waals surface area contributed by atoms with Crippen molar-refractivity contribution in [2.45, 2.75) is 58.0 Å². The molecule has 0 atom stereocenters. The fourth-order valence-corrected chi connectivity index (χ4v) is 4.50. The monoisotopic (exact) mass is 461 g/mol. The van der Waals surface area contributed by atoms with E-state index in [1.165, 1.54) is 18.4 Å². The van der Waals surface area contributed by atoms with Gasteiger partial charge in [0, 0.05) is 18.7 Å². The summed E-state index contributed by atoms with van der Waals surface area (Å²) < 4.78 is 7.37. The summed E-state index contributed by atoms with van der Waals surface area (Å²) in [6, 6.07) is 5.51. The number of rotatable bonds is 4. The van der Waals surface area contributed by atoms with E-state index >= 15 is 0 Å². The maximum atomic E-state index is 12.3. The lowest BCUT2D eigenvalue weighted by molar-refractivity contribution is 0.0197. The van der Waals surface area contributed by atoms with Crippen molar-refractivity contribution < 1.29 is 9.53 Å². The van der Waals surface area contributed by atoms with Crippen molar-refractivity contribution in [3.63, 3.8) is 0 Å². The topological polar surface area (TPSA) is 47.4 Å². The molecular weight excluding hydrogens is 433 g/mol. The summed E-state index contributed by atoms with van der Waals surface area (Å²) in [4.78, 5) is 14.1. The molecule has 1 aromatic heterocycles. The molecule has 1 aliphatic heterocycles. The maximum absolute atomic E-state index is 12.3. The Hall–Kier alpha value is -1.98. The van der Waals surface area contributed by atoms with Crippen molar-refractivity contribution in [1.82, 2.24) is 14.7 Å². The highest BCUT2D eigenvalue weighted by atomic mass is 35.5. The fourth-order valence-electron chi connectivity index (χ4n) is 3.94. The average Bonchev–Trinajstić information content (AvgIpc) is 3.46. The highest BCUT2D eigenvalue weighted by Gasteiger charge is 2.30. The molecule has 1 aromatic carbocycles. The molecule has 4 rings (SSSR count). The molecular formula is C24H29Cl2N3O2. The molecule has 0 spiro atoms. The van der Waals surface area contributed by atoms with Crippen molar-refractivity contribution in [2.24, 2.45) is 5.92 Å². The zero-order valence-corrected chi connectivity index (χ0v) is 19.8. The second-order valence-corrected chi connectivity index (χ2v) is 10.2.